The minimum Gasteiger partial charge on any atom is -0.521 e. The first kappa shape index (κ1) is 30.5. The minimum absolute atomic E-state index is 0. The maximum Gasteiger partial charge on any atom is 0.254 e. The average Bonchev–Trinajstić information content (AvgIpc) is 2.88. The van der Waals surface area contributed by atoms with Gasteiger partial charge in [-0.15, -0.1) is 0 Å². The topological polar surface area (TPSA) is 58.7 Å². The fourth-order valence-corrected chi connectivity index (χ4v) is 4.78. The van der Waals surface area contributed by atoms with E-state index in [4.69, 9.17) is 12.6 Å². The number of anilines is 3. The Morgan fingerprint density at radius 1 is 0.769 bits per heavy atom. The number of hydrogen-bond acceptors (Lipinski definition) is 5. The maximum atomic E-state index is 12.7. The van der Waals surface area contributed by atoms with Crippen LogP contribution in [-0.2, 0) is 32.7 Å². The number of carbonyl (C=O) groups is 1. The number of hydrogen-bond donors (Lipinski definition) is 2. The Hall–Kier alpha value is -3.01. The van der Waals surface area contributed by atoms with Crippen molar-refractivity contribution >= 4 is 35.7 Å². The molecule has 10 heteroatoms. The van der Waals surface area contributed by atoms with E-state index in [1.807, 2.05) is 145 Å². The first-order valence-electron chi connectivity index (χ1n) is 12.1. The van der Waals surface area contributed by atoms with Crippen molar-refractivity contribution in [2.75, 3.05) is 57.0 Å². The summed E-state index contributed by atoms with van der Waals surface area (Å²) in [5.74, 6) is -1.08. The molecule has 4 rings (SSSR count). The van der Waals surface area contributed by atoms with Gasteiger partial charge in [-0.25, -0.2) is 4.57 Å². The van der Waals surface area contributed by atoms with Gasteiger partial charge in [0.05, 0.1) is 10.6 Å². The van der Waals surface area contributed by atoms with Crippen LogP contribution in [0.2, 0.25) is 0 Å². The van der Waals surface area contributed by atoms with Gasteiger partial charge < -0.3 is 24.6 Å². The smallest absolute Gasteiger partial charge is 0.254 e. The van der Waals surface area contributed by atoms with Crippen LogP contribution in [-0.4, -0.2) is 53.4 Å². The van der Waals surface area contributed by atoms with Gasteiger partial charge in [0.15, 0.2) is 37.2 Å². The van der Waals surface area contributed by atoms with Gasteiger partial charge in [-0.2, -0.15) is 21.8 Å². The number of carboxylic acid groups (broad SMARTS) is 1. The molecule has 0 bridgehead atoms. The summed E-state index contributed by atoms with van der Waals surface area (Å²) in [6.45, 7) is 2.03. The van der Waals surface area contributed by atoms with Crippen molar-refractivity contribution in [3.05, 3.63) is 84.7 Å². The van der Waals surface area contributed by atoms with E-state index in [-0.39, 0.29) is 38.3 Å². The molecule has 0 unspecified atom stereocenters. The van der Waals surface area contributed by atoms with Gasteiger partial charge in [0, 0.05) is 128 Å². The van der Waals surface area contributed by atoms with Gasteiger partial charge in [-0.3, -0.25) is 0 Å². The molecule has 0 amide bonds. The van der Waals surface area contributed by atoms with Gasteiger partial charge >= 0.3 is 0 Å². The van der Waals surface area contributed by atoms with Crippen LogP contribution in [0.3, 0.4) is 0 Å². The number of aromatic nitrogens is 3. The molecule has 39 heavy (non-hydrogen) atoms. The Balaban J connectivity index is 0.00000420. The predicted octanol–water partition coefficient (Wildman–Crippen LogP) is 2.81. The Labute approximate surface area is 261 Å². The van der Waals surface area contributed by atoms with Crippen LogP contribution in [0.25, 0.3) is 17.1 Å². The fourth-order valence-electron chi connectivity index (χ4n) is 4.39. The zero-order valence-corrected chi connectivity index (χ0v) is 27.1. The predicted molar refractivity (Wildman–Crippen MR) is 152 cm³/mol. The normalized spacial score (nSPS) is 10.6. The number of pyridine rings is 3. The first-order valence-corrected chi connectivity index (χ1v) is 12.6. The molecule has 3 heterocycles. The summed E-state index contributed by atoms with van der Waals surface area (Å²) in [6, 6.07) is 13.0. The molecule has 199 valence electrons. The Bertz CT molecular complexity index is 1490. The van der Waals surface area contributed by atoms with Gasteiger partial charge in [-0.05, 0) is 6.92 Å². The van der Waals surface area contributed by atoms with Crippen molar-refractivity contribution < 1.29 is 56.3 Å². The SMILES string of the molecule is Cc1c[n+](-c2c(S)c(-[n+]3ccc(N(C)C)cc3)[c-]c(C(=O)O)c2-[n+]2ccc(N(C)C)cc2)ccc1N(C)C.[Y]. The van der Waals surface area contributed by atoms with E-state index in [9.17, 15) is 9.90 Å². The molecule has 1 N–H and O–H groups in total. The summed E-state index contributed by atoms with van der Waals surface area (Å²) in [5.41, 5.74) is 5.84. The van der Waals surface area contributed by atoms with Gasteiger partial charge in [0.25, 0.3) is 5.97 Å². The number of aromatic carboxylic acids is 1. The molecule has 1 radical (unpaired) electrons. The molecule has 0 aliphatic rings. The zero-order chi connectivity index (χ0) is 27.7. The molecule has 1 aromatic carbocycles. The Kier molecular flexibility index (Phi) is 9.75. The van der Waals surface area contributed by atoms with Crippen molar-refractivity contribution in [1.82, 2.24) is 0 Å². The third kappa shape index (κ3) is 6.26. The third-order valence-electron chi connectivity index (χ3n) is 6.41. The van der Waals surface area contributed by atoms with Gasteiger partial charge in [-0.1, -0.05) is 6.07 Å². The molecule has 0 saturated heterocycles. The molecular formula is C29H34N6O2SY+2. The van der Waals surface area contributed by atoms with E-state index in [1.54, 1.807) is 0 Å². The summed E-state index contributed by atoms with van der Waals surface area (Å²) in [6.07, 6.45) is 11.4. The second-order valence-corrected chi connectivity index (χ2v) is 10.2. The first-order chi connectivity index (χ1) is 18.0. The molecule has 0 atom stereocenters. The van der Waals surface area contributed by atoms with Crippen LogP contribution in [0.15, 0.2) is 72.4 Å². The second-order valence-electron chi connectivity index (χ2n) is 9.73. The molecule has 0 spiro atoms. The zero-order valence-electron chi connectivity index (χ0n) is 23.4. The third-order valence-corrected chi connectivity index (χ3v) is 6.83. The van der Waals surface area contributed by atoms with Crippen molar-refractivity contribution in [3.63, 3.8) is 0 Å². The van der Waals surface area contributed by atoms with E-state index in [0.717, 1.165) is 22.6 Å². The summed E-state index contributed by atoms with van der Waals surface area (Å²) in [4.78, 5) is 19.3. The largest absolute Gasteiger partial charge is 0.521 e. The summed E-state index contributed by atoms with van der Waals surface area (Å²) in [5, 5.41) is 10.4. The van der Waals surface area contributed by atoms with E-state index >= 15 is 0 Å². The van der Waals surface area contributed by atoms with Crippen molar-refractivity contribution in [2.24, 2.45) is 0 Å². The number of aryl methyl sites for hydroxylation is 1. The quantitative estimate of drug-likeness (QED) is 0.190. The van der Waals surface area contributed by atoms with Crippen molar-refractivity contribution in [2.45, 2.75) is 11.8 Å². The van der Waals surface area contributed by atoms with Crippen LogP contribution in [0.5, 0.6) is 0 Å². The molecule has 0 aliphatic carbocycles. The summed E-state index contributed by atoms with van der Waals surface area (Å²) >= 11 is 4.98. The summed E-state index contributed by atoms with van der Waals surface area (Å²) in [7, 11) is 11.9. The van der Waals surface area contributed by atoms with Crippen LogP contribution in [0.1, 0.15) is 15.9 Å². The van der Waals surface area contributed by atoms with Crippen LogP contribution < -0.4 is 28.4 Å². The fraction of sp³-hybridized carbons (Fsp3) is 0.241. The molecular weight excluding hydrogens is 585 g/mol. The van der Waals surface area contributed by atoms with Gasteiger partial charge in [0.1, 0.15) is 5.69 Å². The van der Waals surface area contributed by atoms with Crippen molar-refractivity contribution in [1.29, 1.82) is 0 Å². The van der Waals surface area contributed by atoms with Crippen LogP contribution in [0, 0.1) is 13.0 Å². The van der Waals surface area contributed by atoms with E-state index in [2.05, 4.69) is 6.07 Å². The molecule has 0 fully saturated rings. The standard InChI is InChI=1S/C29H32N6O2S.Y/c1-20-19-35(17-12-24(20)32(6)7)27-26(34-15-10-22(11-16-34)31(4)5)23(29(36)37)18-25(28(27)38)33-13-8-21(9-14-33)30(2)3;/h8-17,19H,1-7H3;/p+2. The molecule has 3 aromatic heterocycles. The number of nitrogens with zero attached hydrogens (tertiary/aromatic N) is 6. The van der Waals surface area contributed by atoms with E-state index in [0.29, 0.717) is 22.0 Å². The molecule has 4 aromatic rings. The molecule has 0 aliphatic heterocycles. The number of thiol groups is 1. The monoisotopic (exact) mass is 619 g/mol. The van der Waals surface area contributed by atoms with Crippen molar-refractivity contribution in [3.8, 4) is 17.1 Å². The Morgan fingerprint density at radius 2 is 1.26 bits per heavy atom. The number of carboxylic acids is 1. The van der Waals surface area contributed by atoms with E-state index in [1.165, 1.54) is 0 Å². The molecule has 0 saturated carbocycles. The van der Waals surface area contributed by atoms with Crippen LogP contribution in [0.4, 0.5) is 17.1 Å². The Morgan fingerprint density at radius 3 is 1.69 bits per heavy atom. The molecule has 8 nitrogen and oxygen atoms in total. The number of rotatable bonds is 7. The maximum absolute atomic E-state index is 12.7. The number of benzene rings is 1. The van der Waals surface area contributed by atoms with E-state index < -0.39 is 5.97 Å². The minimum atomic E-state index is -1.08. The second kappa shape index (κ2) is 12.4. The van der Waals surface area contributed by atoms with Crippen LogP contribution >= 0.6 is 12.6 Å². The average molecular weight is 620 g/mol. The summed E-state index contributed by atoms with van der Waals surface area (Å²) < 4.78 is 5.59. The van der Waals surface area contributed by atoms with Gasteiger partial charge in [0.2, 0.25) is 11.4 Å².